The predicted octanol–water partition coefficient (Wildman–Crippen LogP) is 11.5. The van der Waals surface area contributed by atoms with Crippen LogP contribution in [0.3, 0.4) is 0 Å². The zero-order chi connectivity index (χ0) is 40.7. The van der Waals surface area contributed by atoms with Crippen molar-refractivity contribution in [3.05, 3.63) is 66.0 Å². The maximum Gasteiger partial charge on any atom is 0.284 e. The molecule has 0 heterocycles. The number of ether oxygens (including phenoxy) is 5. The molecule has 6 atom stereocenters. The van der Waals surface area contributed by atoms with Gasteiger partial charge < -0.3 is 23.7 Å². The van der Waals surface area contributed by atoms with Crippen LogP contribution in [0, 0.1) is 32.1 Å². The molecule has 316 valence electrons. The Balaban J connectivity index is 2.76. The number of nitro groups is 2. The molecule has 2 aliphatic carbocycles. The fourth-order valence-electron chi connectivity index (χ4n) is 7.45. The van der Waals surface area contributed by atoms with Crippen LogP contribution in [0.5, 0.6) is 0 Å². The van der Waals surface area contributed by atoms with Crippen molar-refractivity contribution >= 4 is 23.2 Å². The van der Waals surface area contributed by atoms with E-state index in [9.17, 15) is 20.2 Å². The molecule has 2 aliphatic rings. The molecule has 2 rings (SSSR count). The number of rotatable bonds is 32. The van der Waals surface area contributed by atoms with Gasteiger partial charge in [-0.1, -0.05) is 128 Å². The molecule has 55 heavy (non-hydrogen) atoms. The molecule has 0 aliphatic heterocycles. The van der Waals surface area contributed by atoms with Crippen LogP contribution in [-0.2, 0) is 23.7 Å². The highest BCUT2D eigenvalue weighted by atomic mass is 35.5. The van der Waals surface area contributed by atoms with Gasteiger partial charge in [0.15, 0.2) is 0 Å². The second kappa shape index (κ2) is 26.9. The molecule has 0 N–H and O–H groups in total. The average Bonchev–Trinajstić information content (AvgIpc) is 3.14. The van der Waals surface area contributed by atoms with E-state index in [1.165, 1.54) is 12.2 Å². The minimum atomic E-state index is -1.43. The molecule has 11 nitrogen and oxygen atoms in total. The molecular weight excluding hydrogens is 747 g/mol. The Bertz CT molecular complexity index is 1180. The van der Waals surface area contributed by atoms with E-state index in [2.05, 4.69) is 27.7 Å². The van der Waals surface area contributed by atoms with Crippen molar-refractivity contribution in [1.82, 2.24) is 0 Å². The molecule has 0 bridgehead atoms. The number of hydrogen-bond acceptors (Lipinski definition) is 9. The van der Waals surface area contributed by atoms with Gasteiger partial charge in [-0.15, -0.1) is 0 Å². The molecule has 0 saturated carbocycles. The van der Waals surface area contributed by atoms with E-state index in [1.807, 2.05) is 13.8 Å². The van der Waals surface area contributed by atoms with Gasteiger partial charge in [0, 0.05) is 38.6 Å². The van der Waals surface area contributed by atoms with Crippen molar-refractivity contribution < 1.29 is 33.5 Å². The monoisotopic (exact) mass is 816 g/mol. The molecule has 13 heteroatoms. The van der Waals surface area contributed by atoms with Crippen molar-refractivity contribution in [2.75, 3.05) is 39.6 Å². The van der Waals surface area contributed by atoms with Gasteiger partial charge in [0.05, 0.1) is 47.1 Å². The van der Waals surface area contributed by atoms with E-state index < -0.39 is 45.1 Å². The van der Waals surface area contributed by atoms with Crippen LogP contribution in [0.4, 0.5) is 0 Å². The van der Waals surface area contributed by atoms with Crippen LogP contribution >= 0.6 is 23.2 Å². The third-order valence-corrected chi connectivity index (χ3v) is 11.4. The first-order valence-electron chi connectivity index (χ1n) is 21.0. The third-order valence-electron chi connectivity index (χ3n) is 10.5. The van der Waals surface area contributed by atoms with Crippen LogP contribution in [-0.4, -0.2) is 72.9 Å². The number of unbranched alkanes of at least 4 members (excludes halogenated alkanes) is 12. The summed E-state index contributed by atoms with van der Waals surface area (Å²) in [4.78, 5) is 23.7. The molecule has 0 aromatic heterocycles. The van der Waals surface area contributed by atoms with Crippen LogP contribution in [0.1, 0.15) is 144 Å². The average molecular weight is 818 g/mol. The van der Waals surface area contributed by atoms with E-state index in [1.54, 1.807) is 12.2 Å². The van der Waals surface area contributed by atoms with E-state index >= 15 is 0 Å². The summed E-state index contributed by atoms with van der Waals surface area (Å²) in [6.45, 7) is 14.0. The van der Waals surface area contributed by atoms with Crippen molar-refractivity contribution in [3.8, 4) is 0 Å². The van der Waals surface area contributed by atoms with Gasteiger partial charge in [0.1, 0.15) is 21.3 Å². The zero-order valence-electron chi connectivity index (χ0n) is 34.5. The quantitative estimate of drug-likeness (QED) is 0.0369. The molecule has 0 saturated heterocycles. The summed E-state index contributed by atoms with van der Waals surface area (Å²) in [7, 11) is 0. The number of allylic oxidation sites excluding steroid dienone is 2. The SMILES string of the molecule is CCCCCCOCC1(OC2(COCCCCCC)C=CC([N+](=O)[O-])=C(Cl)C2C(C)OCCCCCC)C=CC([N+](=O)[O-])=C(Cl)C1C(C)OCCCCCC. The first-order valence-corrected chi connectivity index (χ1v) is 21.8. The second-order valence-electron chi connectivity index (χ2n) is 15.1. The fourth-order valence-corrected chi connectivity index (χ4v) is 8.44. The van der Waals surface area contributed by atoms with Crippen molar-refractivity contribution in [1.29, 1.82) is 0 Å². The largest absolute Gasteiger partial charge is 0.378 e. The number of halogens is 2. The highest BCUT2D eigenvalue weighted by Gasteiger charge is 2.57. The highest BCUT2D eigenvalue weighted by molar-refractivity contribution is 6.31. The molecule has 0 amide bonds. The smallest absolute Gasteiger partial charge is 0.284 e. The second-order valence-corrected chi connectivity index (χ2v) is 15.9. The Hall–Kier alpha value is -1.86. The minimum absolute atomic E-state index is 0.0112. The van der Waals surface area contributed by atoms with E-state index in [0.717, 1.165) is 103 Å². The van der Waals surface area contributed by atoms with Crippen molar-refractivity contribution in [3.63, 3.8) is 0 Å². The van der Waals surface area contributed by atoms with Crippen molar-refractivity contribution in [2.24, 2.45) is 11.8 Å². The molecule has 6 unspecified atom stereocenters. The first kappa shape index (κ1) is 49.3. The maximum absolute atomic E-state index is 12.4. The van der Waals surface area contributed by atoms with Crippen LogP contribution in [0.15, 0.2) is 45.8 Å². The fraction of sp³-hybridized carbons (Fsp3) is 0.810. The molecule has 0 spiro atoms. The minimum Gasteiger partial charge on any atom is -0.378 e. The molecule has 0 fully saturated rings. The zero-order valence-corrected chi connectivity index (χ0v) is 36.0. The van der Waals surface area contributed by atoms with Gasteiger partial charge >= 0.3 is 0 Å². The van der Waals surface area contributed by atoms with Crippen molar-refractivity contribution in [2.45, 2.75) is 168 Å². The van der Waals surface area contributed by atoms with Crippen LogP contribution < -0.4 is 0 Å². The van der Waals surface area contributed by atoms with E-state index in [-0.39, 0.29) is 34.7 Å². The summed E-state index contributed by atoms with van der Waals surface area (Å²) in [5.41, 5.74) is -3.35. The van der Waals surface area contributed by atoms with Gasteiger partial charge in [-0.2, -0.15) is 0 Å². The van der Waals surface area contributed by atoms with Gasteiger partial charge in [-0.25, -0.2) is 0 Å². The standard InChI is InChI=1S/C42H70Cl2N2O9/c1-7-11-15-19-27-51-31-41(25-23-35(45(47)48)39(43)37(41)33(5)53-29-21-17-13-9-3)55-42(32-52-28-20-16-12-8-2)26-24-36(46(49)50)40(44)38(42)34(6)54-30-22-18-14-10-4/h23-26,33-34,37-38H,7-22,27-32H2,1-6H3. The predicted molar refractivity (Wildman–Crippen MR) is 221 cm³/mol. The van der Waals surface area contributed by atoms with Gasteiger partial charge in [0.2, 0.25) is 0 Å². The van der Waals surface area contributed by atoms with Gasteiger partial charge in [-0.3, -0.25) is 20.2 Å². The summed E-state index contributed by atoms with van der Waals surface area (Å²) in [5, 5.41) is 24.7. The molecule has 0 radical (unpaired) electrons. The Morgan fingerprint density at radius 1 is 0.582 bits per heavy atom. The summed E-state index contributed by atoms with van der Waals surface area (Å²) in [6, 6.07) is 0. The third kappa shape index (κ3) is 15.4. The normalized spacial score (nSPS) is 23.8. The maximum atomic E-state index is 12.4. The number of nitrogens with zero attached hydrogens (tertiary/aromatic N) is 2. The molecule has 0 aromatic rings. The Kier molecular flexibility index (Phi) is 24.1. The summed E-state index contributed by atoms with van der Waals surface area (Å²) < 4.78 is 33.1. The van der Waals surface area contributed by atoms with E-state index in [0.29, 0.717) is 26.4 Å². The lowest BCUT2D eigenvalue weighted by molar-refractivity contribution is -0.421. The lowest BCUT2D eigenvalue weighted by atomic mass is 9.75. The summed E-state index contributed by atoms with van der Waals surface area (Å²) in [6.07, 6.45) is 20.6. The van der Waals surface area contributed by atoms with Crippen LogP contribution in [0.25, 0.3) is 0 Å². The Morgan fingerprint density at radius 3 is 1.22 bits per heavy atom. The molecular formula is C42H70Cl2N2O9. The Morgan fingerprint density at radius 2 is 0.909 bits per heavy atom. The van der Waals surface area contributed by atoms with E-state index in [4.69, 9.17) is 46.9 Å². The first-order chi connectivity index (χ1) is 26.4. The van der Waals surface area contributed by atoms with Gasteiger partial charge in [0.25, 0.3) is 11.4 Å². The lowest BCUT2D eigenvalue weighted by Crippen LogP contribution is -2.60. The highest BCUT2D eigenvalue weighted by Crippen LogP contribution is 2.49. The Labute approximate surface area is 340 Å². The van der Waals surface area contributed by atoms with Crippen LogP contribution in [0.2, 0.25) is 0 Å². The lowest BCUT2D eigenvalue weighted by Gasteiger charge is -2.51. The molecule has 0 aromatic carbocycles. The summed E-state index contributed by atoms with van der Waals surface area (Å²) in [5.74, 6) is -1.75. The topological polar surface area (TPSA) is 132 Å². The summed E-state index contributed by atoms with van der Waals surface area (Å²) >= 11 is 14.2. The van der Waals surface area contributed by atoms with Gasteiger partial charge in [-0.05, 0) is 51.7 Å². The number of hydrogen-bond donors (Lipinski definition) is 0.